The van der Waals surface area contributed by atoms with Gasteiger partial charge in [0.05, 0.1) is 5.03 Å². The number of anilines is 1. The fourth-order valence-electron chi connectivity index (χ4n) is 5.21. The molecule has 1 saturated heterocycles. The molecule has 2 aromatic rings. The van der Waals surface area contributed by atoms with Gasteiger partial charge in [-0.2, -0.15) is 0 Å². The second-order valence-electron chi connectivity index (χ2n) is 9.46. The van der Waals surface area contributed by atoms with Crippen molar-refractivity contribution in [3.8, 4) is 0 Å². The third kappa shape index (κ3) is 4.27. The zero-order chi connectivity index (χ0) is 21.5. The molecule has 31 heavy (non-hydrogen) atoms. The summed E-state index contributed by atoms with van der Waals surface area (Å²) < 4.78 is 0.492. The summed E-state index contributed by atoms with van der Waals surface area (Å²) in [7, 11) is 0. The number of thioether (sulfide) groups is 1. The molecule has 164 valence electrons. The van der Waals surface area contributed by atoms with Crippen LogP contribution in [0.4, 0.5) is 5.69 Å². The van der Waals surface area contributed by atoms with Crippen LogP contribution in [-0.4, -0.2) is 34.3 Å². The molecule has 0 amide bonds. The summed E-state index contributed by atoms with van der Waals surface area (Å²) in [5, 5.41) is 5.52. The van der Waals surface area contributed by atoms with Crippen molar-refractivity contribution in [3.63, 3.8) is 0 Å². The lowest BCUT2D eigenvalue weighted by atomic mass is 9.72. The first kappa shape index (κ1) is 21.4. The average Bonchev–Trinajstić information content (AvgIpc) is 3.51. The highest BCUT2D eigenvalue weighted by Crippen LogP contribution is 2.53. The number of piperidine rings is 1. The molecule has 1 N–H and O–H groups in total. The molecule has 5 rings (SSSR count). The van der Waals surface area contributed by atoms with Gasteiger partial charge in [-0.1, -0.05) is 42.9 Å². The topological polar surface area (TPSA) is 28.2 Å². The molecule has 3 heterocycles. The van der Waals surface area contributed by atoms with Crippen LogP contribution in [0.2, 0.25) is 5.02 Å². The summed E-state index contributed by atoms with van der Waals surface area (Å²) in [4.78, 5) is 7.33. The van der Waals surface area contributed by atoms with Gasteiger partial charge in [0.2, 0.25) is 0 Å². The van der Waals surface area contributed by atoms with E-state index in [1.807, 2.05) is 17.8 Å². The molecule has 5 heteroatoms. The average molecular weight is 454 g/mol. The van der Waals surface area contributed by atoms with Gasteiger partial charge in [0.1, 0.15) is 0 Å². The van der Waals surface area contributed by atoms with Crippen molar-refractivity contribution in [1.29, 1.82) is 0 Å². The van der Waals surface area contributed by atoms with Crippen LogP contribution in [0.15, 0.2) is 53.8 Å². The molecule has 0 radical (unpaired) electrons. The minimum Gasteiger partial charge on any atom is -0.358 e. The van der Waals surface area contributed by atoms with E-state index in [2.05, 4.69) is 54.2 Å². The van der Waals surface area contributed by atoms with E-state index in [9.17, 15) is 0 Å². The van der Waals surface area contributed by atoms with Gasteiger partial charge in [-0.05, 0) is 100.0 Å². The Morgan fingerprint density at radius 3 is 2.65 bits per heavy atom. The fraction of sp³-hybridized carbons (Fsp3) is 0.500. The number of benzene rings is 1. The Kier molecular flexibility index (Phi) is 5.83. The number of aromatic nitrogens is 1. The molecule has 2 fully saturated rings. The van der Waals surface area contributed by atoms with Crippen LogP contribution in [-0.2, 0) is 11.8 Å². The maximum absolute atomic E-state index is 6.31. The summed E-state index contributed by atoms with van der Waals surface area (Å²) >= 11 is 8.28. The summed E-state index contributed by atoms with van der Waals surface area (Å²) in [5.74, 6) is 0. The smallest absolute Gasteiger partial charge is 0.0965 e. The normalized spacial score (nSPS) is 21.2. The molecule has 1 saturated carbocycles. The van der Waals surface area contributed by atoms with E-state index in [1.165, 1.54) is 47.5 Å². The number of aryl methyl sites for hydroxylation is 1. The lowest BCUT2D eigenvalue weighted by molar-refractivity contribution is 0.179. The first-order valence-electron chi connectivity index (χ1n) is 11.6. The van der Waals surface area contributed by atoms with Crippen molar-refractivity contribution in [1.82, 2.24) is 9.88 Å². The molecule has 2 aliphatic heterocycles. The van der Waals surface area contributed by atoms with Crippen molar-refractivity contribution in [2.75, 3.05) is 25.0 Å². The van der Waals surface area contributed by atoms with Crippen molar-refractivity contribution < 1.29 is 0 Å². The molecule has 1 aliphatic carbocycles. The summed E-state index contributed by atoms with van der Waals surface area (Å²) in [6, 6.07) is 10.7. The lowest BCUT2D eigenvalue weighted by Gasteiger charge is -2.40. The minimum absolute atomic E-state index is 0.0472. The Balaban J connectivity index is 1.11. The Labute approximate surface area is 195 Å². The van der Waals surface area contributed by atoms with E-state index in [0.29, 0.717) is 4.75 Å². The largest absolute Gasteiger partial charge is 0.358 e. The van der Waals surface area contributed by atoms with E-state index >= 15 is 0 Å². The number of halogens is 1. The number of allylic oxidation sites excluding steroid dienone is 1. The fourth-order valence-corrected chi connectivity index (χ4v) is 6.52. The highest BCUT2D eigenvalue weighted by molar-refractivity contribution is 8.00. The van der Waals surface area contributed by atoms with E-state index < -0.39 is 0 Å². The molecule has 0 atom stereocenters. The molecular formula is C26H32ClN3S. The van der Waals surface area contributed by atoms with E-state index in [4.69, 9.17) is 16.6 Å². The maximum atomic E-state index is 6.31. The molecule has 3 nitrogen and oxygen atoms in total. The van der Waals surface area contributed by atoms with Crippen molar-refractivity contribution in [3.05, 3.63) is 65.0 Å². The Hall–Kier alpha value is -1.49. The first-order valence-corrected chi connectivity index (χ1v) is 12.8. The molecule has 0 bridgehead atoms. The number of nitrogens with one attached hydrogen (secondary N) is 1. The molecule has 0 unspecified atom stereocenters. The number of pyridine rings is 1. The number of hydrogen-bond acceptors (Lipinski definition) is 4. The van der Waals surface area contributed by atoms with Gasteiger partial charge in [-0.3, -0.25) is 0 Å². The van der Waals surface area contributed by atoms with Gasteiger partial charge < -0.3 is 10.2 Å². The van der Waals surface area contributed by atoms with E-state index in [-0.39, 0.29) is 5.41 Å². The van der Waals surface area contributed by atoms with Crippen LogP contribution in [0.5, 0.6) is 0 Å². The molecular weight excluding hydrogens is 422 g/mol. The highest BCUT2D eigenvalue weighted by Gasteiger charge is 2.44. The van der Waals surface area contributed by atoms with Crippen LogP contribution < -0.4 is 5.32 Å². The Bertz CT molecular complexity index is 959. The van der Waals surface area contributed by atoms with Gasteiger partial charge in [0, 0.05) is 32.8 Å². The summed E-state index contributed by atoms with van der Waals surface area (Å²) in [5.41, 5.74) is 5.07. The Morgan fingerprint density at radius 1 is 1.16 bits per heavy atom. The van der Waals surface area contributed by atoms with Gasteiger partial charge in [0.25, 0.3) is 0 Å². The molecule has 1 aromatic heterocycles. The SMILES string of the molecule is C=C1Nc2ccc(Cl)cc2C12CCN(CCCc1ccc(SC3(CC)CC3)nc1)CC2. The molecule has 3 aliphatic rings. The lowest BCUT2D eigenvalue weighted by Crippen LogP contribution is -2.43. The van der Waals surface area contributed by atoms with Crippen molar-refractivity contribution in [2.45, 2.75) is 67.1 Å². The predicted octanol–water partition coefficient (Wildman–Crippen LogP) is 6.68. The number of nitrogens with zero attached hydrogens (tertiary/aromatic N) is 2. The van der Waals surface area contributed by atoms with Crippen molar-refractivity contribution >= 4 is 29.1 Å². The highest BCUT2D eigenvalue weighted by atomic mass is 35.5. The van der Waals surface area contributed by atoms with Crippen LogP contribution in [0.25, 0.3) is 0 Å². The second kappa shape index (κ2) is 8.46. The standard InChI is InChI=1S/C26H32ClN3S/c1-3-25(10-11-25)31-24-9-6-20(18-28-24)5-4-14-30-15-12-26(13-16-30)19(2)29-23-8-7-21(27)17-22(23)26/h6-9,17-18,29H,2-5,10-16H2,1H3. The van der Waals surface area contributed by atoms with Crippen LogP contribution in [0.3, 0.4) is 0 Å². The zero-order valence-electron chi connectivity index (χ0n) is 18.4. The molecule has 1 aromatic carbocycles. The molecule has 1 spiro atoms. The first-order chi connectivity index (χ1) is 15.0. The number of rotatable bonds is 7. The van der Waals surface area contributed by atoms with E-state index in [0.717, 1.165) is 49.6 Å². The van der Waals surface area contributed by atoms with Crippen LogP contribution >= 0.6 is 23.4 Å². The van der Waals surface area contributed by atoms with Gasteiger partial charge in [-0.15, -0.1) is 0 Å². The van der Waals surface area contributed by atoms with Gasteiger partial charge in [-0.25, -0.2) is 4.98 Å². The third-order valence-corrected chi connectivity index (χ3v) is 9.40. The third-order valence-electron chi connectivity index (χ3n) is 7.58. The Morgan fingerprint density at radius 2 is 1.97 bits per heavy atom. The van der Waals surface area contributed by atoms with Crippen LogP contribution in [0.1, 0.15) is 56.6 Å². The van der Waals surface area contributed by atoms with E-state index in [1.54, 1.807) is 0 Å². The quantitative estimate of drug-likeness (QED) is 0.506. The minimum atomic E-state index is 0.0472. The predicted molar refractivity (Wildman–Crippen MR) is 132 cm³/mol. The number of likely N-dealkylation sites (tertiary alicyclic amines) is 1. The van der Waals surface area contributed by atoms with Crippen molar-refractivity contribution in [2.24, 2.45) is 0 Å². The summed E-state index contributed by atoms with van der Waals surface area (Å²) in [6.45, 7) is 10.0. The van der Waals surface area contributed by atoms with Crippen LogP contribution in [0, 0.1) is 0 Å². The van der Waals surface area contributed by atoms with Gasteiger partial charge in [0.15, 0.2) is 0 Å². The number of fused-ring (bicyclic) bond motifs is 2. The second-order valence-corrected chi connectivity index (χ2v) is 11.4. The summed E-state index contributed by atoms with van der Waals surface area (Å²) in [6.07, 6.45) is 10.5. The maximum Gasteiger partial charge on any atom is 0.0965 e. The monoisotopic (exact) mass is 453 g/mol. The van der Waals surface area contributed by atoms with Gasteiger partial charge >= 0.3 is 0 Å². The zero-order valence-corrected chi connectivity index (χ0v) is 20.0. The number of hydrogen-bond donors (Lipinski definition) is 1.